The highest BCUT2D eigenvalue weighted by molar-refractivity contribution is 9.10. The van der Waals surface area contributed by atoms with Gasteiger partial charge in [-0.15, -0.1) is 0 Å². The van der Waals surface area contributed by atoms with Crippen molar-refractivity contribution in [3.63, 3.8) is 0 Å². The first-order valence-electron chi connectivity index (χ1n) is 6.33. The van der Waals surface area contributed by atoms with Crippen LogP contribution in [0.5, 0.6) is 5.75 Å². The van der Waals surface area contributed by atoms with Gasteiger partial charge in [-0.3, -0.25) is 0 Å². The topological polar surface area (TPSA) is 9.23 Å². The molecule has 0 atom stereocenters. The van der Waals surface area contributed by atoms with E-state index in [4.69, 9.17) is 4.74 Å². The van der Waals surface area contributed by atoms with Gasteiger partial charge >= 0.3 is 0 Å². The van der Waals surface area contributed by atoms with Crippen molar-refractivity contribution in [1.29, 1.82) is 0 Å². The monoisotopic (exact) mass is 340 g/mol. The molecule has 0 heterocycles. The second-order valence-corrected chi connectivity index (χ2v) is 5.78. The van der Waals surface area contributed by atoms with Gasteiger partial charge in [-0.2, -0.15) is 0 Å². The maximum Gasteiger partial charge on any atom is 0.132 e. The molecule has 0 N–H and O–H groups in total. The van der Waals surface area contributed by atoms with Crippen LogP contribution in [-0.2, 0) is 6.61 Å². The summed E-state index contributed by atoms with van der Waals surface area (Å²) in [4.78, 5) is 0. The normalized spacial score (nSPS) is 10.9. The molecular weight excluding hydrogens is 326 g/mol. The SMILES string of the molecule is CC(C)c1cc(Br)ccc1OCc1ccc(F)cc1F. The standard InChI is InChI=1S/C16H15BrF2O/c1-10(2)14-7-12(17)4-6-16(14)20-9-11-3-5-13(18)8-15(11)19/h3-8,10H,9H2,1-2H3. The van der Waals surface area contributed by atoms with Crippen LogP contribution in [0.2, 0.25) is 0 Å². The molecule has 20 heavy (non-hydrogen) atoms. The highest BCUT2D eigenvalue weighted by atomic mass is 79.9. The van der Waals surface area contributed by atoms with Gasteiger partial charge in [0.15, 0.2) is 0 Å². The van der Waals surface area contributed by atoms with Gasteiger partial charge in [0.05, 0.1) is 0 Å². The van der Waals surface area contributed by atoms with Gasteiger partial charge in [0.2, 0.25) is 0 Å². The van der Waals surface area contributed by atoms with Crippen LogP contribution in [0.15, 0.2) is 40.9 Å². The van der Waals surface area contributed by atoms with Crippen LogP contribution >= 0.6 is 15.9 Å². The third-order valence-corrected chi connectivity index (χ3v) is 3.49. The molecule has 0 saturated heterocycles. The third kappa shape index (κ3) is 3.57. The number of rotatable bonds is 4. The van der Waals surface area contributed by atoms with E-state index in [1.54, 1.807) is 0 Å². The first kappa shape index (κ1) is 15.0. The van der Waals surface area contributed by atoms with Crippen LogP contribution in [0.3, 0.4) is 0 Å². The predicted molar refractivity (Wildman–Crippen MR) is 78.9 cm³/mol. The van der Waals surface area contributed by atoms with Crippen LogP contribution in [0.25, 0.3) is 0 Å². The van der Waals surface area contributed by atoms with Gasteiger partial charge in [0.25, 0.3) is 0 Å². The van der Waals surface area contributed by atoms with E-state index < -0.39 is 11.6 Å². The van der Waals surface area contributed by atoms with Gasteiger partial charge in [-0.25, -0.2) is 8.78 Å². The fourth-order valence-corrected chi connectivity index (χ4v) is 2.27. The summed E-state index contributed by atoms with van der Waals surface area (Å²) in [7, 11) is 0. The summed E-state index contributed by atoms with van der Waals surface area (Å²) >= 11 is 3.42. The average Bonchev–Trinajstić information content (AvgIpc) is 2.38. The maximum atomic E-state index is 13.5. The van der Waals surface area contributed by atoms with Gasteiger partial charge in [0, 0.05) is 16.1 Å². The van der Waals surface area contributed by atoms with Crippen molar-refractivity contribution in [3.8, 4) is 5.75 Å². The summed E-state index contributed by atoms with van der Waals surface area (Å²) in [6.07, 6.45) is 0. The molecule has 0 unspecified atom stereocenters. The molecule has 0 radical (unpaired) electrons. The summed E-state index contributed by atoms with van der Waals surface area (Å²) in [5.74, 6) is -0.168. The zero-order valence-electron chi connectivity index (χ0n) is 11.3. The summed E-state index contributed by atoms with van der Waals surface area (Å²) < 4.78 is 33.0. The van der Waals surface area contributed by atoms with Crippen molar-refractivity contribution in [2.45, 2.75) is 26.4 Å². The van der Waals surface area contributed by atoms with E-state index in [0.717, 1.165) is 16.1 Å². The molecule has 0 fully saturated rings. The Balaban J connectivity index is 2.18. The first-order chi connectivity index (χ1) is 9.47. The van der Waals surface area contributed by atoms with Crippen molar-refractivity contribution in [2.24, 2.45) is 0 Å². The molecule has 2 rings (SSSR count). The Kier molecular flexibility index (Phi) is 4.76. The van der Waals surface area contributed by atoms with Crippen molar-refractivity contribution in [3.05, 3.63) is 63.6 Å². The Morgan fingerprint density at radius 3 is 2.50 bits per heavy atom. The van der Waals surface area contributed by atoms with E-state index in [0.29, 0.717) is 17.2 Å². The molecule has 0 bridgehead atoms. The number of halogens is 3. The minimum atomic E-state index is -0.590. The van der Waals surface area contributed by atoms with Gasteiger partial charge in [-0.1, -0.05) is 29.8 Å². The van der Waals surface area contributed by atoms with Crippen molar-refractivity contribution in [2.75, 3.05) is 0 Å². The fourth-order valence-electron chi connectivity index (χ4n) is 1.90. The molecule has 0 aliphatic carbocycles. The smallest absolute Gasteiger partial charge is 0.132 e. The van der Waals surface area contributed by atoms with Gasteiger partial charge < -0.3 is 4.74 Å². The molecule has 0 amide bonds. The van der Waals surface area contributed by atoms with Crippen LogP contribution in [0.1, 0.15) is 30.9 Å². The molecule has 2 aromatic rings. The minimum Gasteiger partial charge on any atom is -0.489 e. The molecule has 4 heteroatoms. The Labute approximate surface area is 125 Å². The molecule has 0 aliphatic heterocycles. The third-order valence-electron chi connectivity index (χ3n) is 2.99. The molecule has 106 valence electrons. The lowest BCUT2D eigenvalue weighted by atomic mass is 10.0. The minimum absolute atomic E-state index is 0.0769. The molecule has 0 spiro atoms. The quantitative estimate of drug-likeness (QED) is 0.721. The van der Waals surface area contributed by atoms with Crippen molar-refractivity contribution < 1.29 is 13.5 Å². The Morgan fingerprint density at radius 2 is 1.85 bits per heavy atom. The first-order valence-corrected chi connectivity index (χ1v) is 7.13. The number of benzene rings is 2. The summed E-state index contributed by atoms with van der Waals surface area (Å²) in [5, 5.41) is 0. The Morgan fingerprint density at radius 1 is 1.10 bits per heavy atom. The fraction of sp³-hybridized carbons (Fsp3) is 0.250. The maximum absolute atomic E-state index is 13.5. The molecule has 0 saturated carbocycles. The predicted octanol–water partition coefficient (Wildman–Crippen LogP) is 5.43. The molecule has 2 aromatic carbocycles. The van der Waals surface area contributed by atoms with E-state index in [-0.39, 0.29) is 6.61 Å². The lowest BCUT2D eigenvalue weighted by molar-refractivity contribution is 0.295. The largest absolute Gasteiger partial charge is 0.489 e. The number of hydrogen-bond acceptors (Lipinski definition) is 1. The average molecular weight is 341 g/mol. The Hall–Kier alpha value is -1.42. The van der Waals surface area contributed by atoms with E-state index in [9.17, 15) is 8.78 Å². The number of hydrogen-bond donors (Lipinski definition) is 0. The second-order valence-electron chi connectivity index (χ2n) is 4.86. The highest BCUT2D eigenvalue weighted by Crippen LogP contribution is 2.30. The lowest BCUT2D eigenvalue weighted by Crippen LogP contribution is -2.02. The summed E-state index contributed by atoms with van der Waals surface area (Å²) in [5.41, 5.74) is 1.38. The zero-order valence-corrected chi connectivity index (χ0v) is 12.9. The van der Waals surface area contributed by atoms with E-state index in [1.807, 2.05) is 18.2 Å². The summed E-state index contributed by atoms with van der Waals surface area (Å²) in [6, 6.07) is 9.21. The molecule has 0 aromatic heterocycles. The molecule has 0 aliphatic rings. The lowest BCUT2D eigenvalue weighted by Gasteiger charge is -2.15. The molecule has 1 nitrogen and oxygen atoms in total. The number of ether oxygens (including phenoxy) is 1. The molecular formula is C16H15BrF2O. The second kappa shape index (κ2) is 6.35. The van der Waals surface area contributed by atoms with Gasteiger partial charge in [-0.05, 0) is 41.8 Å². The van der Waals surface area contributed by atoms with Crippen LogP contribution < -0.4 is 4.74 Å². The van der Waals surface area contributed by atoms with E-state index in [2.05, 4.69) is 29.8 Å². The van der Waals surface area contributed by atoms with Gasteiger partial charge in [0.1, 0.15) is 24.0 Å². The van der Waals surface area contributed by atoms with Crippen LogP contribution in [0.4, 0.5) is 8.78 Å². The Bertz CT molecular complexity index is 611. The highest BCUT2D eigenvalue weighted by Gasteiger charge is 2.10. The van der Waals surface area contributed by atoms with Crippen LogP contribution in [-0.4, -0.2) is 0 Å². The van der Waals surface area contributed by atoms with Crippen molar-refractivity contribution >= 4 is 15.9 Å². The van der Waals surface area contributed by atoms with Crippen molar-refractivity contribution in [1.82, 2.24) is 0 Å². The van der Waals surface area contributed by atoms with Crippen LogP contribution in [0, 0.1) is 11.6 Å². The zero-order chi connectivity index (χ0) is 14.7. The summed E-state index contributed by atoms with van der Waals surface area (Å²) in [6.45, 7) is 4.20. The van der Waals surface area contributed by atoms with E-state index >= 15 is 0 Å². The van der Waals surface area contributed by atoms with E-state index in [1.165, 1.54) is 12.1 Å².